The van der Waals surface area contributed by atoms with Crippen LogP contribution < -0.4 is 16.1 Å². The zero-order chi connectivity index (χ0) is 19.8. The van der Waals surface area contributed by atoms with Crippen LogP contribution in [-0.2, 0) is 30.7 Å². The second-order valence-electron chi connectivity index (χ2n) is 6.94. The Morgan fingerprint density at radius 2 is 1.59 bits per heavy atom. The number of aromatic nitrogens is 2. The van der Waals surface area contributed by atoms with Crippen LogP contribution in [-0.4, -0.2) is 48.0 Å². The van der Waals surface area contributed by atoms with Crippen molar-refractivity contribution in [2.45, 2.75) is 18.4 Å². The molecule has 0 amide bonds. The van der Waals surface area contributed by atoms with Crippen LogP contribution in [0.2, 0.25) is 0 Å². The molecule has 2 heterocycles. The number of quaternary nitrogens is 1. The second kappa shape index (κ2) is 7.41. The third kappa shape index (κ3) is 3.62. The lowest BCUT2D eigenvalue weighted by Gasteiger charge is -2.31. The van der Waals surface area contributed by atoms with Gasteiger partial charge in [0.2, 0.25) is 0 Å². The predicted molar refractivity (Wildman–Crippen MR) is 101 cm³/mol. The molecule has 1 aliphatic heterocycles. The van der Waals surface area contributed by atoms with Gasteiger partial charge in [0.1, 0.15) is 6.54 Å². The summed E-state index contributed by atoms with van der Waals surface area (Å²) in [6.45, 7) is 4.35. The zero-order valence-corrected chi connectivity index (χ0v) is 16.6. The van der Waals surface area contributed by atoms with Gasteiger partial charge in [0.25, 0.3) is 15.6 Å². The van der Waals surface area contributed by atoms with E-state index in [2.05, 4.69) is 12.1 Å². The fraction of sp³-hybridized carbons (Fsp3) is 0.444. The minimum atomic E-state index is -3.95. The van der Waals surface area contributed by atoms with Gasteiger partial charge in [-0.25, -0.2) is 13.2 Å². The lowest BCUT2D eigenvalue weighted by atomic mass is 10.2. The molecule has 8 nitrogen and oxygen atoms in total. The van der Waals surface area contributed by atoms with Gasteiger partial charge in [0.05, 0.1) is 26.2 Å². The molecule has 0 saturated carbocycles. The fourth-order valence-electron chi connectivity index (χ4n) is 3.44. The van der Waals surface area contributed by atoms with E-state index in [0.717, 1.165) is 11.1 Å². The fourth-order valence-corrected chi connectivity index (χ4v) is 5.23. The van der Waals surface area contributed by atoms with E-state index in [1.165, 1.54) is 40.4 Å². The molecule has 0 aliphatic carbocycles. The van der Waals surface area contributed by atoms with Crippen LogP contribution >= 0.6 is 0 Å². The molecular weight excluding hydrogens is 368 g/mol. The summed E-state index contributed by atoms with van der Waals surface area (Å²) in [4.78, 5) is 25.5. The highest BCUT2D eigenvalue weighted by Gasteiger charge is 2.34. The molecule has 0 unspecified atom stereocenters. The molecule has 1 N–H and O–H groups in total. The van der Waals surface area contributed by atoms with Crippen LogP contribution in [0.4, 0.5) is 0 Å². The van der Waals surface area contributed by atoms with Crippen molar-refractivity contribution < 1.29 is 13.3 Å². The molecule has 1 aromatic carbocycles. The molecule has 1 saturated heterocycles. The first-order chi connectivity index (χ1) is 12.7. The zero-order valence-electron chi connectivity index (χ0n) is 15.8. The Bertz CT molecular complexity index is 1050. The Balaban J connectivity index is 1.82. The molecule has 0 radical (unpaired) electrons. The van der Waals surface area contributed by atoms with Crippen molar-refractivity contribution in [1.82, 2.24) is 13.4 Å². The minimum Gasteiger partial charge on any atom is -0.329 e. The molecule has 1 aliphatic rings. The number of sulfonamides is 1. The van der Waals surface area contributed by atoms with Gasteiger partial charge >= 0.3 is 5.69 Å². The summed E-state index contributed by atoms with van der Waals surface area (Å²) in [6, 6.07) is 10.1. The topological polar surface area (TPSA) is 85.8 Å². The summed E-state index contributed by atoms with van der Waals surface area (Å²) < 4.78 is 29.6. The third-order valence-electron chi connectivity index (χ3n) is 5.23. The molecule has 146 valence electrons. The summed E-state index contributed by atoms with van der Waals surface area (Å²) in [5.74, 6) is 0. The van der Waals surface area contributed by atoms with Crippen LogP contribution in [0.25, 0.3) is 0 Å². The van der Waals surface area contributed by atoms with Crippen LogP contribution in [0.3, 0.4) is 0 Å². The van der Waals surface area contributed by atoms with Crippen LogP contribution in [0.5, 0.6) is 0 Å². The Labute approximate surface area is 158 Å². The van der Waals surface area contributed by atoms with E-state index in [1.54, 1.807) is 0 Å². The average molecular weight is 393 g/mol. The van der Waals surface area contributed by atoms with Crippen molar-refractivity contribution in [2.24, 2.45) is 14.1 Å². The maximum absolute atomic E-state index is 13.1. The number of nitrogens with zero attached hydrogens (tertiary/aromatic N) is 3. The van der Waals surface area contributed by atoms with Gasteiger partial charge in [0, 0.05) is 25.4 Å². The molecule has 9 heteroatoms. The van der Waals surface area contributed by atoms with Gasteiger partial charge < -0.3 is 4.90 Å². The third-order valence-corrected chi connectivity index (χ3v) is 7.26. The van der Waals surface area contributed by atoms with E-state index >= 15 is 0 Å². The maximum atomic E-state index is 13.1. The predicted octanol–water partition coefficient (Wildman–Crippen LogP) is -1.52. The molecule has 3 rings (SSSR count). The van der Waals surface area contributed by atoms with Gasteiger partial charge in [-0.2, -0.15) is 4.31 Å². The Kier molecular flexibility index (Phi) is 5.36. The minimum absolute atomic E-state index is 0.169. The quantitative estimate of drug-likeness (QED) is 0.684. The molecule has 0 bridgehead atoms. The van der Waals surface area contributed by atoms with E-state index in [0.29, 0.717) is 26.2 Å². The first-order valence-electron chi connectivity index (χ1n) is 8.87. The van der Waals surface area contributed by atoms with Crippen molar-refractivity contribution in [3.8, 4) is 0 Å². The number of rotatable bonds is 4. The molecular formula is C18H25N4O4S+. The van der Waals surface area contributed by atoms with Gasteiger partial charge in [-0.1, -0.05) is 30.3 Å². The van der Waals surface area contributed by atoms with E-state index in [1.807, 2.05) is 18.2 Å². The van der Waals surface area contributed by atoms with Crippen LogP contribution in [0, 0.1) is 6.92 Å². The van der Waals surface area contributed by atoms with Gasteiger partial charge in [-0.05, 0) is 6.92 Å². The Morgan fingerprint density at radius 1 is 1.00 bits per heavy atom. The first-order valence-corrected chi connectivity index (χ1v) is 10.3. The Hall–Kier alpha value is -2.23. The van der Waals surface area contributed by atoms with Gasteiger partial charge in [0.15, 0.2) is 4.90 Å². The van der Waals surface area contributed by atoms with Crippen molar-refractivity contribution in [3.63, 3.8) is 0 Å². The van der Waals surface area contributed by atoms with E-state index in [4.69, 9.17) is 0 Å². The molecule has 27 heavy (non-hydrogen) atoms. The Morgan fingerprint density at radius 3 is 2.19 bits per heavy atom. The van der Waals surface area contributed by atoms with E-state index in [9.17, 15) is 18.0 Å². The van der Waals surface area contributed by atoms with Crippen LogP contribution in [0.15, 0.2) is 44.8 Å². The lowest BCUT2D eigenvalue weighted by Crippen LogP contribution is -3.13. The van der Waals surface area contributed by atoms with Crippen molar-refractivity contribution >= 4 is 10.0 Å². The SMILES string of the molecule is Cc1c(S(=O)(=O)N2CC[NH+](Cc3ccccc3)CC2)c(=O)n(C)c(=O)n1C. The van der Waals surface area contributed by atoms with Crippen molar-refractivity contribution in [2.75, 3.05) is 26.2 Å². The van der Waals surface area contributed by atoms with Gasteiger partial charge in [-0.3, -0.25) is 13.9 Å². The largest absolute Gasteiger partial charge is 0.330 e. The second-order valence-corrected chi connectivity index (χ2v) is 8.81. The maximum Gasteiger partial charge on any atom is 0.330 e. The standard InChI is InChI=1S/C18H24N4O4S/c1-14-16(17(23)20(3)18(24)19(14)2)27(25,26)22-11-9-21(10-12-22)13-15-7-5-4-6-8-15/h4-8H,9-13H2,1-3H3/p+1. The first kappa shape index (κ1) is 19.5. The van der Waals surface area contributed by atoms with Crippen molar-refractivity contribution in [3.05, 3.63) is 62.4 Å². The van der Waals surface area contributed by atoms with Crippen molar-refractivity contribution in [1.29, 1.82) is 0 Å². The van der Waals surface area contributed by atoms with Crippen LogP contribution in [0.1, 0.15) is 11.3 Å². The highest BCUT2D eigenvalue weighted by molar-refractivity contribution is 7.89. The molecule has 0 spiro atoms. The monoisotopic (exact) mass is 393 g/mol. The number of nitrogens with one attached hydrogen (secondary N) is 1. The number of hydrogen-bond donors (Lipinski definition) is 1. The molecule has 2 aromatic rings. The highest BCUT2D eigenvalue weighted by atomic mass is 32.2. The summed E-state index contributed by atoms with van der Waals surface area (Å²) in [6.07, 6.45) is 0. The molecule has 1 aromatic heterocycles. The lowest BCUT2D eigenvalue weighted by molar-refractivity contribution is -0.917. The molecule has 0 atom stereocenters. The summed E-state index contributed by atoms with van der Waals surface area (Å²) in [7, 11) is -1.19. The average Bonchev–Trinajstić information content (AvgIpc) is 2.66. The normalized spacial score (nSPS) is 16.6. The van der Waals surface area contributed by atoms with Gasteiger partial charge in [-0.15, -0.1) is 0 Å². The number of benzene rings is 1. The smallest absolute Gasteiger partial charge is 0.329 e. The number of piperazine rings is 1. The highest BCUT2D eigenvalue weighted by Crippen LogP contribution is 2.14. The summed E-state index contributed by atoms with van der Waals surface area (Å²) in [5.41, 5.74) is 0.0805. The van der Waals surface area contributed by atoms with E-state index < -0.39 is 21.3 Å². The van der Waals surface area contributed by atoms with E-state index in [-0.39, 0.29) is 10.6 Å². The number of hydrogen-bond acceptors (Lipinski definition) is 4. The summed E-state index contributed by atoms with van der Waals surface area (Å²) >= 11 is 0. The summed E-state index contributed by atoms with van der Waals surface area (Å²) in [5, 5.41) is 0. The molecule has 1 fully saturated rings.